The van der Waals surface area contributed by atoms with Crippen molar-refractivity contribution in [3.63, 3.8) is 0 Å². The number of hydrogen-bond acceptors (Lipinski definition) is 4. The fourth-order valence-corrected chi connectivity index (χ4v) is 2.38. The van der Waals surface area contributed by atoms with Crippen LogP contribution >= 0.6 is 23.2 Å². The molecular weight excluding hydrogens is 331 g/mol. The molecule has 4 nitrogen and oxygen atoms in total. The molecule has 0 fully saturated rings. The second-order valence-electron chi connectivity index (χ2n) is 4.99. The van der Waals surface area contributed by atoms with Gasteiger partial charge in [0, 0.05) is 33.2 Å². The Labute approximate surface area is 144 Å². The Morgan fingerprint density at radius 1 is 0.783 bits per heavy atom. The Bertz CT molecular complexity index is 819. The lowest BCUT2D eigenvalue weighted by molar-refractivity contribution is 1.11. The van der Waals surface area contributed by atoms with Gasteiger partial charge in [0.25, 0.3) is 0 Å². The van der Waals surface area contributed by atoms with Crippen molar-refractivity contribution in [3.8, 4) is 0 Å². The molecule has 23 heavy (non-hydrogen) atoms. The molecule has 0 unspecified atom stereocenters. The van der Waals surface area contributed by atoms with Gasteiger partial charge in [-0.15, -0.1) is 0 Å². The van der Waals surface area contributed by atoms with Crippen LogP contribution in [0.3, 0.4) is 0 Å². The van der Waals surface area contributed by atoms with Crippen molar-refractivity contribution >= 4 is 46.3 Å². The minimum Gasteiger partial charge on any atom is -0.340 e. The normalized spacial score (nSPS) is 10.4. The maximum atomic E-state index is 6.00. The van der Waals surface area contributed by atoms with Crippen LogP contribution in [0.2, 0.25) is 10.0 Å². The first kappa shape index (κ1) is 15.6. The molecule has 3 aromatic rings. The van der Waals surface area contributed by atoms with Crippen molar-refractivity contribution in [1.29, 1.82) is 0 Å². The lowest BCUT2D eigenvalue weighted by Gasteiger charge is -2.10. The largest absolute Gasteiger partial charge is 0.340 e. The number of hydrogen-bond donors (Lipinski definition) is 2. The molecule has 0 saturated heterocycles. The summed E-state index contributed by atoms with van der Waals surface area (Å²) < 4.78 is 0. The molecule has 0 aliphatic rings. The van der Waals surface area contributed by atoms with E-state index in [1.807, 2.05) is 61.5 Å². The van der Waals surface area contributed by atoms with Crippen LogP contribution in [0.25, 0.3) is 0 Å². The van der Waals surface area contributed by atoms with E-state index in [1.165, 1.54) is 0 Å². The Kier molecular flexibility index (Phi) is 4.65. The molecule has 2 N–H and O–H groups in total. The summed E-state index contributed by atoms with van der Waals surface area (Å²) in [7, 11) is 0. The number of benzene rings is 2. The van der Waals surface area contributed by atoms with Crippen LogP contribution < -0.4 is 10.6 Å². The number of nitrogens with zero attached hydrogens (tertiary/aromatic N) is 2. The van der Waals surface area contributed by atoms with E-state index < -0.39 is 0 Å². The lowest BCUT2D eigenvalue weighted by atomic mass is 10.3. The number of rotatable bonds is 4. The summed E-state index contributed by atoms with van der Waals surface area (Å²) >= 11 is 11.9. The highest BCUT2D eigenvalue weighted by atomic mass is 35.5. The first-order valence-corrected chi connectivity index (χ1v) is 7.75. The van der Waals surface area contributed by atoms with E-state index in [4.69, 9.17) is 23.2 Å². The highest BCUT2D eigenvalue weighted by Gasteiger charge is 2.04. The van der Waals surface area contributed by atoms with Crippen molar-refractivity contribution in [3.05, 3.63) is 70.3 Å². The quantitative estimate of drug-likeness (QED) is 0.648. The molecule has 0 bridgehead atoms. The van der Waals surface area contributed by atoms with Crippen LogP contribution in [0.4, 0.5) is 23.1 Å². The minimum atomic E-state index is 0.511. The number of halogens is 2. The third kappa shape index (κ3) is 4.34. The molecular formula is C17H14Cl2N4. The lowest BCUT2D eigenvalue weighted by Crippen LogP contribution is -2.02. The minimum absolute atomic E-state index is 0.511. The predicted octanol–water partition coefficient (Wildman–Crippen LogP) is 5.58. The van der Waals surface area contributed by atoms with Crippen molar-refractivity contribution in [2.24, 2.45) is 0 Å². The van der Waals surface area contributed by atoms with Crippen LogP contribution in [-0.4, -0.2) is 9.97 Å². The zero-order valence-corrected chi connectivity index (χ0v) is 13.9. The fraction of sp³-hybridized carbons (Fsp3) is 0.0588. The number of aromatic nitrogens is 2. The molecule has 0 spiro atoms. The molecule has 2 aromatic carbocycles. The van der Waals surface area contributed by atoms with Gasteiger partial charge in [-0.3, -0.25) is 0 Å². The van der Waals surface area contributed by atoms with E-state index >= 15 is 0 Å². The Hall–Kier alpha value is -2.30. The molecule has 116 valence electrons. The number of nitrogens with one attached hydrogen (secondary N) is 2. The summed E-state index contributed by atoms with van der Waals surface area (Å²) in [6.07, 6.45) is 0. The van der Waals surface area contributed by atoms with Crippen molar-refractivity contribution in [2.45, 2.75) is 6.92 Å². The van der Waals surface area contributed by atoms with Crippen molar-refractivity contribution < 1.29 is 0 Å². The van der Waals surface area contributed by atoms with Gasteiger partial charge in [-0.05, 0) is 49.4 Å². The van der Waals surface area contributed by atoms with Gasteiger partial charge < -0.3 is 10.6 Å². The van der Waals surface area contributed by atoms with Gasteiger partial charge in [0.2, 0.25) is 5.95 Å². The van der Waals surface area contributed by atoms with E-state index in [9.17, 15) is 0 Å². The van der Waals surface area contributed by atoms with Gasteiger partial charge in [-0.25, -0.2) is 4.98 Å². The van der Waals surface area contributed by atoms with Crippen LogP contribution in [0.5, 0.6) is 0 Å². The van der Waals surface area contributed by atoms with Crippen LogP contribution in [-0.2, 0) is 0 Å². The monoisotopic (exact) mass is 344 g/mol. The molecule has 0 saturated carbocycles. The molecule has 1 aromatic heterocycles. The van der Waals surface area contributed by atoms with Crippen LogP contribution in [0, 0.1) is 6.92 Å². The number of aryl methyl sites for hydroxylation is 1. The maximum Gasteiger partial charge on any atom is 0.229 e. The highest BCUT2D eigenvalue weighted by Crippen LogP contribution is 2.22. The average Bonchev–Trinajstić information content (AvgIpc) is 2.49. The molecule has 6 heteroatoms. The average molecular weight is 345 g/mol. The Balaban J connectivity index is 1.82. The van der Waals surface area contributed by atoms with Gasteiger partial charge >= 0.3 is 0 Å². The van der Waals surface area contributed by atoms with E-state index in [0.717, 1.165) is 17.1 Å². The van der Waals surface area contributed by atoms with Crippen LogP contribution in [0.1, 0.15) is 5.69 Å². The molecule has 1 heterocycles. The van der Waals surface area contributed by atoms with E-state index in [0.29, 0.717) is 21.8 Å². The molecule has 3 rings (SSSR count). The van der Waals surface area contributed by atoms with Gasteiger partial charge in [0.15, 0.2) is 0 Å². The first-order valence-electron chi connectivity index (χ1n) is 6.99. The van der Waals surface area contributed by atoms with Gasteiger partial charge in [0.05, 0.1) is 0 Å². The van der Waals surface area contributed by atoms with Gasteiger partial charge in [-0.2, -0.15) is 4.98 Å². The smallest absolute Gasteiger partial charge is 0.229 e. The summed E-state index contributed by atoms with van der Waals surface area (Å²) in [5, 5.41) is 7.74. The third-order valence-electron chi connectivity index (χ3n) is 3.05. The first-order chi connectivity index (χ1) is 11.1. The van der Waals surface area contributed by atoms with Gasteiger partial charge in [0.1, 0.15) is 5.82 Å². The SMILES string of the molecule is Cc1cc(Nc2cccc(Cl)c2)nc(Nc2ccc(Cl)cc2)n1. The summed E-state index contributed by atoms with van der Waals surface area (Å²) in [4.78, 5) is 8.86. The van der Waals surface area contributed by atoms with Crippen molar-refractivity contribution in [2.75, 3.05) is 10.6 Å². The summed E-state index contributed by atoms with van der Waals surface area (Å²) in [6, 6.07) is 16.7. The maximum absolute atomic E-state index is 6.00. The zero-order valence-electron chi connectivity index (χ0n) is 12.3. The number of anilines is 4. The standard InChI is InChI=1S/C17H14Cl2N4/c1-11-9-16(21-15-4-2-3-13(19)10-15)23-17(20-11)22-14-7-5-12(18)6-8-14/h2-10H,1H3,(H2,20,21,22,23). The summed E-state index contributed by atoms with van der Waals surface area (Å²) in [6.45, 7) is 1.91. The molecule has 0 aliphatic carbocycles. The second-order valence-corrected chi connectivity index (χ2v) is 5.86. The van der Waals surface area contributed by atoms with Crippen LogP contribution in [0.15, 0.2) is 54.6 Å². The molecule has 0 aliphatic heterocycles. The summed E-state index contributed by atoms with van der Waals surface area (Å²) in [5.74, 6) is 1.20. The van der Waals surface area contributed by atoms with E-state index in [-0.39, 0.29) is 0 Å². The second kappa shape index (κ2) is 6.86. The zero-order chi connectivity index (χ0) is 16.2. The molecule has 0 amide bonds. The fourth-order valence-electron chi connectivity index (χ4n) is 2.06. The van der Waals surface area contributed by atoms with E-state index in [1.54, 1.807) is 0 Å². The van der Waals surface area contributed by atoms with Gasteiger partial charge in [-0.1, -0.05) is 29.3 Å². The third-order valence-corrected chi connectivity index (χ3v) is 3.54. The Morgan fingerprint density at radius 2 is 1.57 bits per heavy atom. The topological polar surface area (TPSA) is 49.8 Å². The van der Waals surface area contributed by atoms with Crippen molar-refractivity contribution in [1.82, 2.24) is 9.97 Å². The highest BCUT2D eigenvalue weighted by molar-refractivity contribution is 6.31. The molecule has 0 atom stereocenters. The Morgan fingerprint density at radius 3 is 2.30 bits per heavy atom. The van der Waals surface area contributed by atoms with E-state index in [2.05, 4.69) is 20.6 Å². The summed E-state index contributed by atoms with van der Waals surface area (Å²) in [5.41, 5.74) is 2.59. The molecule has 0 radical (unpaired) electrons. The predicted molar refractivity (Wildman–Crippen MR) is 96.2 cm³/mol.